The van der Waals surface area contributed by atoms with E-state index in [2.05, 4.69) is 52.3 Å². The molecule has 5 aromatic rings. The Morgan fingerprint density at radius 3 is 2.91 bits per heavy atom. The van der Waals surface area contributed by atoms with Crippen molar-refractivity contribution < 1.29 is 0 Å². The maximum absolute atomic E-state index is 11.8. The van der Waals surface area contributed by atoms with Crippen molar-refractivity contribution in [2.75, 3.05) is 0 Å². The van der Waals surface area contributed by atoms with Gasteiger partial charge in [0.2, 0.25) is 5.56 Å². The Morgan fingerprint density at radius 2 is 1.94 bits per heavy atom. The lowest BCUT2D eigenvalue weighted by Gasteiger charge is -2.11. The summed E-state index contributed by atoms with van der Waals surface area (Å²) in [5.41, 5.74) is 4.76. The molecule has 9 heteroatoms. The van der Waals surface area contributed by atoms with E-state index in [1.54, 1.807) is 43.0 Å². The fourth-order valence-corrected chi connectivity index (χ4v) is 3.84. The van der Waals surface area contributed by atoms with E-state index in [1.807, 2.05) is 18.2 Å². The van der Waals surface area contributed by atoms with Crippen LogP contribution in [0.3, 0.4) is 0 Å². The molecule has 0 aliphatic carbocycles. The van der Waals surface area contributed by atoms with Crippen molar-refractivity contribution in [3.63, 3.8) is 0 Å². The molecule has 3 N–H and O–H groups in total. The molecule has 0 saturated heterocycles. The molecule has 0 amide bonds. The van der Waals surface area contributed by atoms with E-state index >= 15 is 0 Å². The van der Waals surface area contributed by atoms with Crippen LogP contribution in [0.15, 0.2) is 66.0 Å². The van der Waals surface area contributed by atoms with E-state index in [0.29, 0.717) is 29.6 Å². The molecule has 6 rings (SSSR count). The number of hydrogen-bond donors (Lipinski definition) is 3. The Hall–Kier alpha value is -4.68. The van der Waals surface area contributed by atoms with Gasteiger partial charge < -0.3 is 4.98 Å². The third kappa shape index (κ3) is 3.64. The van der Waals surface area contributed by atoms with E-state index < -0.39 is 0 Å². The number of aromatic amines is 2. The minimum Gasteiger partial charge on any atom is -0.329 e. The van der Waals surface area contributed by atoms with Gasteiger partial charge in [0, 0.05) is 42.2 Å². The first-order valence-corrected chi connectivity index (χ1v) is 10.3. The van der Waals surface area contributed by atoms with E-state index in [9.17, 15) is 4.79 Å². The number of nitrogens with zero attached hydrogens (tertiary/aromatic N) is 5. The highest BCUT2D eigenvalue weighted by atomic mass is 16.1. The van der Waals surface area contributed by atoms with Gasteiger partial charge in [0.15, 0.2) is 11.6 Å². The summed E-state index contributed by atoms with van der Waals surface area (Å²) in [5.74, 6) is 7.25. The molecule has 0 saturated carbocycles. The molecule has 5 heterocycles. The molecule has 0 fully saturated rings. The van der Waals surface area contributed by atoms with Crippen LogP contribution in [0.1, 0.15) is 34.3 Å². The largest absolute Gasteiger partial charge is 0.329 e. The van der Waals surface area contributed by atoms with Gasteiger partial charge in [0.1, 0.15) is 11.4 Å². The maximum atomic E-state index is 11.8. The molecule has 0 radical (unpaired) electrons. The second kappa shape index (κ2) is 7.78. The molecule has 9 nitrogen and oxygen atoms in total. The van der Waals surface area contributed by atoms with Crippen molar-refractivity contribution in [1.29, 1.82) is 0 Å². The summed E-state index contributed by atoms with van der Waals surface area (Å²) >= 11 is 0. The number of hydrogen-bond acceptors (Lipinski definition) is 7. The van der Waals surface area contributed by atoms with Gasteiger partial charge in [-0.3, -0.25) is 15.2 Å². The normalized spacial score (nSPS) is 14.6. The molecular weight excluding hydrogens is 416 g/mol. The van der Waals surface area contributed by atoms with Crippen LogP contribution in [0.4, 0.5) is 0 Å². The summed E-state index contributed by atoms with van der Waals surface area (Å²) in [6.45, 7) is 0.635. The van der Waals surface area contributed by atoms with Gasteiger partial charge in [-0.05, 0) is 47.4 Å². The summed E-state index contributed by atoms with van der Waals surface area (Å²) in [5, 5.41) is 11.3. The maximum Gasteiger partial charge on any atom is 0.248 e. The van der Waals surface area contributed by atoms with Crippen molar-refractivity contribution >= 4 is 10.9 Å². The third-order valence-electron chi connectivity index (χ3n) is 5.45. The average Bonchev–Trinajstić information content (AvgIpc) is 3.49. The molecule has 1 aliphatic rings. The quantitative estimate of drug-likeness (QED) is 0.365. The van der Waals surface area contributed by atoms with Gasteiger partial charge in [-0.2, -0.15) is 5.10 Å². The number of rotatable bonds is 2. The number of pyridine rings is 1. The van der Waals surface area contributed by atoms with E-state index in [1.165, 1.54) is 0 Å². The van der Waals surface area contributed by atoms with Gasteiger partial charge in [0.05, 0.1) is 17.8 Å². The van der Waals surface area contributed by atoms with Crippen molar-refractivity contribution in [1.82, 2.24) is 40.4 Å². The summed E-state index contributed by atoms with van der Waals surface area (Å²) in [7, 11) is 0. The molecule has 4 aromatic heterocycles. The molecule has 1 aliphatic heterocycles. The number of benzene rings is 1. The fraction of sp³-hybridized carbons (Fsp3) is 0.0833. The Balaban J connectivity index is 1.31. The van der Waals surface area contributed by atoms with Crippen molar-refractivity contribution in [2.45, 2.75) is 12.6 Å². The molecule has 33 heavy (non-hydrogen) atoms. The van der Waals surface area contributed by atoms with Gasteiger partial charge in [-0.15, -0.1) is 0 Å². The first-order chi connectivity index (χ1) is 16.2. The van der Waals surface area contributed by atoms with Crippen LogP contribution in [0.5, 0.6) is 0 Å². The summed E-state index contributed by atoms with van der Waals surface area (Å²) < 4.78 is 0. The summed E-state index contributed by atoms with van der Waals surface area (Å²) in [6.07, 6.45) is 6.83. The van der Waals surface area contributed by atoms with E-state index in [-0.39, 0.29) is 11.6 Å². The fourth-order valence-electron chi connectivity index (χ4n) is 3.84. The molecule has 1 unspecified atom stereocenters. The lowest BCUT2D eigenvalue weighted by molar-refractivity contribution is 0.630. The highest BCUT2D eigenvalue weighted by molar-refractivity contribution is 5.79. The molecule has 158 valence electrons. The highest BCUT2D eigenvalue weighted by Gasteiger charge is 2.26. The third-order valence-corrected chi connectivity index (χ3v) is 5.45. The Labute approximate surface area is 187 Å². The number of aromatic nitrogens is 7. The number of fused-ring (bicyclic) bond motifs is 2. The zero-order chi connectivity index (χ0) is 22.2. The van der Waals surface area contributed by atoms with Crippen molar-refractivity contribution in [3.8, 4) is 23.4 Å². The number of nitrogens with one attached hydrogen (secondary N) is 3. The topological polar surface area (TPSA) is 125 Å². The van der Waals surface area contributed by atoms with Crippen molar-refractivity contribution in [3.05, 3.63) is 99.7 Å². The predicted molar refractivity (Wildman–Crippen MR) is 121 cm³/mol. The standard InChI is InChI=1S/C24H16N8O/c33-21-10-18-16(11-27-21)12-28-22(18)24-26-8-6-20(31-24)23-25-7-5-17(30-23)3-1-14-2-4-19-15(9-14)13-29-32-19/h2,4-11,13,22,28H,12H2,(H,27,33)(H,29,32). The van der Waals surface area contributed by atoms with Crippen LogP contribution in [0, 0.1) is 11.8 Å². The van der Waals surface area contributed by atoms with Crippen LogP contribution in [-0.2, 0) is 6.54 Å². The van der Waals surface area contributed by atoms with Crippen LogP contribution in [0.25, 0.3) is 22.4 Å². The molecule has 1 aromatic carbocycles. The first kappa shape index (κ1) is 19.0. The average molecular weight is 432 g/mol. The van der Waals surface area contributed by atoms with Crippen LogP contribution >= 0.6 is 0 Å². The first-order valence-electron chi connectivity index (χ1n) is 10.3. The second-order valence-electron chi connectivity index (χ2n) is 7.58. The Morgan fingerprint density at radius 1 is 1.00 bits per heavy atom. The minimum absolute atomic E-state index is 0.153. The van der Waals surface area contributed by atoms with E-state index in [4.69, 9.17) is 0 Å². The van der Waals surface area contributed by atoms with E-state index in [0.717, 1.165) is 27.6 Å². The predicted octanol–water partition coefficient (Wildman–Crippen LogP) is 2.09. The molecule has 0 spiro atoms. The molecule has 0 bridgehead atoms. The van der Waals surface area contributed by atoms with Gasteiger partial charge in [-0.1, -0.05) is 5.92 Å². The zero-order valence-electron chi connectivity index (χ0n) is 17.2. The van der Waals surface area contributed by atoms with Crippen LogP contribution in [0.2, 0.25) is 0 Å². The van der Waals surface area contributed by atoms with Gasteiger partial charge in [0.25, 0.3) is 0 Å². The Kier molecular flexibility index (Phi) is 4.49. The van der Waals surface area contributed by atoms with Gasteiger partial charge >= 0.3 is 0 Å². The minimum atomic E-state index is -0.261. The molecule has 1 atom stereocenters. The van der Waals surface area contributed by atoms with Crippen LogP contribution < -0.4 is 10.9 Å². The lowest BCUT2D eigenvalue weighted by Crippen LogP contribution is -2.17. The smallest absolute Gasteiger partial charge is 0.248 e. The lowest BCUT2D eigenvalue weighted by atomic mass is 10.1. The SMILES string of the molecule is O=c1cc2c(c[nH]1)CNC2c1nccc(-c2nccc(C#Cc3ccc4[nH]ncc4c3)n2)n1. The number of H-pyrrole nitrogens is 2. The Bertz CT molecular complexity index is 1620. The monoisotopic (exact) mass is 432 g/mol. The molecular formula is C24H16N8O. The zero-order valence-corrected chi connectivity index (χ0v) is 17.2. The van der Waals surface area contributed by atoms with Gasteiger partial charge in [-0.25, -0.2) is 19.9 Å². The summed E-state index contributed by atoms with van der Waals surface area (Å²) in [4.78, 5) is 32.5. The van der Waals surface area contributed by atoms with Crippen molar-refractivity contribution in [2.24, 2.45) is 0 Å². The van der Waals surface area contributed by atoms with Crippen LogP contribution in [-0.4, -0.2) is 35.1 Å². The summed E-state index contributed by atoms with van der Waals surface area (Å²) in [6, 6.07) is 10.7. The second-order valence-corrected chi connectivity index (χ2v) is 7.58. The highest BCUT2D eigenvalue weighted by Crippen LogP contribution is 2.28.